The summed E-state index contributed by atoms with van der Waals surface area (Å²) in [4.78, 5) is 20.6. The molecule has 3 rings (SSSR count). The third-order valence-corrected chi connectivity index (χ3v) is 4.34. The van der Waals surface area contributed by atoms with Gasteiger partial charge in [0.05, 0.1) is 11.7 Å². The molecule has 0 spiro atoms. The first-order valence-electron chi connectivity index (χ1n) is 7.47. The molecule has 21 heavy (non-hydrogen) atoms. The molecule has 3 heterocycles. The van der Waals surface area contributed by atoms with Gasteiger partial charge in [-0.15, -0.1) is 0 Å². The zero-order valence-corrected chi connectivity index (χ0v) is 12.8. The van der Waals surface area contributed by atoms with Gasteiger partial charge in [-0.3, -0.25) is 9.69 Å². The van der Waals surface area contributed by atoms with Crippen LogP contribution < -0.4 is 0 Å². The average molecular weight is 310 g/mol. The predicted octanol–water partition coefficient (Wildman–Crippen LogP) is 1.67. The number of hydrogen-bond acceptors (Lipinski definition) is 4. The molecule has 5 nitrogen and oxygen atoms in total. The van der Waals surface area contributed by atoms with Crippen LogP contribution in [0.15, 0.2) is 18.3 Å². The average Bonchev–Trinajstić information content (AvgIpc) is 3.01. The van der Waals surface area contributed by atoms with Crippen LogP contribution >= 0.6 is 11.6 Å². The van der Waals surface area contributed by atoms with E-state index in [9.17, 15) is 4.79 Å². The number of carbonyl (C=O) groups is 1. The summed E-state index contributed by atoms with van der Waals surface area (Å²) < 4.78 is 5.67. The van der Waals surface area contributed by atoms with Gasteiger partial charge in [0.15, 0.2) is 0 Å². The molecule has 6 heteroatoms. The number of rotatable bonds is 3. The molecular formula is C15H20ClN3O2. The van der Waals surface area contributed by atoms with E-state index in [-0.39, 0.29) is 5.91 Å². The molecule has 1 aromatic rings. The number of amides is 1. The number of piperazine rings is 1. The van der Waals surface area contributed by atoms with E-state index >= 15 is 0 Å². The summed E-state index contributed by atoms with van der Waals surface area (Å²) >= 11 is 5.75. The Labute approximate surface area is 129 Å². The van der Waals surface area contributed by atoms with E-state index in [1.165, 1.54) is 6.42 Å². The Morgan fingerprint density at radius 1 is 1.33 bits per heavy atom. The molecule has 2 fully saturated rings. The molecule has 0 aromatic carbocycles. The lowest BCUT2D eigenvalue weighted by Gasteiger charge is -2.35. The first-order valence-corrected chi connectivity index (χ1v) is 7.85. The molecule has 2 aliphatic heterocycles. The fraction of sp³-hybridized carbons (Fsp3) is 0.600. The summed E-state index contributed by atoms with van der Waals surface area (Å²) in [6.45, 7) is 5.22. The molecule has 0 saturated carbocycles. The van der Waals surface area contributed by atoms with Gasteiger partial charge in [0, 0.05) is 45.5 Å². The van der Waals surface area contributed by atoms with Crippen molar-refractivity contribution in [3.63, 3.8) is 0 Å². The van der Waals surface area contributed by atoms with Crippen LogP contribution in [0.5, 0.6) is 0 Å². The highest BCUT2D eigenvalue weighted by molar-refractivity contribution is 6.29. The minimum absolute atomic E-state index is 0.0379. The van der Waals surface area contributed by atoms with Crippen LogP contribution in [-0.4, -0.2) is 66.1 Å². The molecule has 2 aliphatic rings. The molecule has 0 aliphatic carbocycles. The molecule has 2 saturated heterocycles. The molecule has 1 aromatic heterocycles. The Morgan fingerprint density at radius 2 is 2.14 bits per heavy atom. The van der Waals surface area contributed by atoms with Crippen molar-refractivity contribution < 1.29 is 9.53 Å². The second kappa shape index (κ2) is 6.73. The van der Waals surface area contributed by atoms with Crippen LogP contribution in [0, 0.1) is 0 Å². The number of carbonyl (C=O) groups excluding carboxylic acids is 1. The number of aromatic nitrogens is 1. The first kappa shape index (κ1) is 14.8. The van der Waals surface area contributed by atoms with Gasteiger partial charge in [0.25, 0.3) is 5.91 Å². The van der Waals surface area contributed by atoms with Crippen LogP contribution in [0.2, 0.25) is 5.15 Å². The maximum absolute atomic E-state index is 12.4. The van der Waals surface area contributed by atoms with Crippen LogP contribution in [-0.2, 0) is 4.74 Å². The Balaban J connectivity index is 1.50. The number of nitrogens with zero attached hydrogens (tertiary/aromatic N) is 3. The molecule has 1 unspecified atom stereocenters. The van der Waals surface area contributed by atoms with Gasteiger partial charge >= 0.3 is 0 Å². The zero-order valence-electron chi connectivity index (χ0n) is 12.0. The van der Waals surface area contributed by atoms with Gasteiger partial charge in [0.2, 0.25) is 0 Å². The minimum atomic E-state index is 0.0379. The fourth-order valence-corrected chi connectivity index (χ4v) is 3.01. The number of halogens is 1. The molecule has 114 valence electrons. The van der Waals surface area contributed by atoms with Gasteiger partial charge in [-0.1, -0.05) is 11.6 Å². The van der Waals surface area contributed by atoms with E-state index < -0.39 is 0 Å². The lowest BCUT2D eigenvalue weighted by Crippen LogP contribution is -2.50. The van der Waals surface area contributed by atoms with Gasteiger partial charge in [0.1, 0.15) is 5.15 Å². The second-order valence-corrected chi connectivity index (χ2v) is 5.98. The molecular weight excluding hydrogens is 290 g/mol. The summed E-state index contributed by atoms with van der Waals surface area (Å²) in [6.07, 6.45) is 4.26. The summed E-state index contributed by atoms with van der Waals surface area (Å²) in [6, 6.07) is 3.39. The maximum Gasteiger partial charge on any atom is 0.255 e. The largest absolute Gasteiger partial charge is 0.377 e. The third kappa shape index (κ3) is 3.73. The SMILES string of the molecule is O=C(c1ccc(Cl)nc1)N1CCN(CC2CCCO2)CC1. The van der Waals surface area contributed by atoms with Gasteiger partial charge in [-0.25, -0.2) is 4.98 Å². The highest BCUT2D eigenvalue weighted by Gasteiger charge is 2.25. The highest BCUT2D eigenvalue weighted by atomic mass is 35.5. The summed E-state index contributed by atoms with van der Waals surface area (Å²) in [5.41, 5.74) is 0.604. The van der Waals surface area contributed by atoms with Crippen molar-refractivity contribution >= 4 is 17.5 Å². The highest BCUT2D eigenvalue weighted by Crippen LogP contribution is 2.15. The lowest BCUT2D eigenvalue weighted by molar-refractivity contribution is 0.0432. The first-order chi connectivity index (χ1) is 10.2. The third-order valence-electron chi connectivity index (χ3n) is 4.12. The van der Waals surface area contributed by atoms with Crippen molar-refractivity contribution in [2.75, 3.05) is 39.3 Å². The predicted molar refractivity (Wildman–Crippen MR) is 80.6 cm³/mol. The van der Waals surface area contributed by atoms with Gasteiger partial charge < -0.3 is 9.64 Å². The zero-order chi connectivity index (χ0) is 14.7. The quantitative estimate of drug-likeness (QED) is 0.797. The van der Waals surface area contributed by atoms with Crippen LogP contribution in [0.25, 0.3) is 0 Å². The van der Waals surface area contributed by atoms with E-state index in [2.05, 4.69) is 9.88 Å². The minimum Gasteiger partial charge on any atom is -0.377 e. The van der Waals surface area contributed by atoms with Crippen molar-refractivity contribution in [1.29, 1.82) is 0 Å². The van der Waals surface area contributed by atoms with Crippen molar-refractivity contribution in [2.45, 2.75) is 18.9 Å². The monoisotopic (exact) mass is 309 g/mol. The number of ether oxygens (including phenoxy) is 1. The van der Waals surface area contributed by atoms with Crippen molar-refractivity contribution in [3.8, 4) is 0 Å². The fourth-order valence-electron chi connectivity index (χ4n) is 2.89. The topological polar surface area (TPSA) is 45.7 Å². The molecule has 0 N–H and O–H groups in total. The van der Waals surface area contributed by atoms with Crippen LogP contribution in [0.4, 0.5) is 0 Å². The Morgan fingerprint density at radius 3 is 2.76 bits per heavy atom. The maximum atomic E-state index is 12.4. The van der Waals surface area contributed by atoms with Crippen LogP contribution in [0.3, 0.4) is 0 Å². The lowest BCUT2D eigenvalue weighted by atomic mass is 10.2. The molecule has 0 radical (unpaired) electrons. The normalized spacial score (nSPS) is 23.5. The van der Waals surface area contributed by atoms with Crippen molar-refractivity contribution in [2.24, 2.45) is 0 Å². The van der Waals surface area contributed by atoms with E-state index in [4.69, 9.17) is 16.3 Å². The Kier molecular flexibility index (Phi) is 4.73. The number of pyridine rings is 1. The summed E-state index contributed by atoms with van der Waals surface area (Å²) in [5, 5.41) is 0.410. The smallest absolute Gasteiger partial charge is 0.255 e. The molecule has 0 bridgehead atoms. The summed E-state index contributed by atoms with van der Waals surface area (Å²) in [5.74, 6) is 0.0379. The summed E-state index contributed by atoms with van der Waals surface area (Å²) in [7, 11) is 0. The van der Waals surface area contributed by atoms with E-state index in [1.807, 2.05) is 4.90 Å². The Bertz CT molecular complexity index is 480. The van der Waals surface area contributed by atoms with Crippen molar-refractivity contribution in [3.05, 3.63) is 29.0 Å². The molecule has 1 atom stereocenters. The van der Waals surface area contributed by atoms with E-state index in [0.717, 1.165) is 45.8 Å². The van der Waals surface area contributed by atoms with Crippen molar-refractivity contribution in [1.82, 2.24) is 14.8 Å². The number of hydrogen-bond donors (Lipinski definition) is 0. The van der Waals surface area contributed by atoms with E-state index in [1.54, 1.807) is 18.3 Å². The Hall–Kier alpha value is -1.17. The standard InChI is InChI=1S/C15H20ClN3O2/c16-14-4-3-12(10-17-14)15(20)19-7-5-18(6-8-19)11-13-2-1-9-21-13/h3-4,10,13H,1-2,5-9,11H2. The van der Waals surface area contributed by atoms with Gasteiger partial charge in [-0.2, -0.15) is 0 Å². The van der Waals surface area contributed by atoms with Crippen LogP contribution in [0.1, 0.15) is 23.2 Å². The second-order valence-electron chi connectivity index (χ2n) is 5.60. The van der Waals surface area contributed by atoms with E-state index in [0.29, 0.717) is 16.8 Å². The van der Waals surface area contributed by atoms with Gasteiger partial charge in [-0.05, 0) is 25.0 Å². The molecule has 1 amide bonds.